The first-order valence-corrected chi connectivity index (χ1v) is 11.7. The fourth-order valence-electron chi connectivity index (χ4n) is 3.96. The van der Waals surface area contributed by atoms with Crippen molar-refractivity contribution in [1.82, 2.24) is 14.9 Å². The number of allylic oxidation sites excluding steroid dienone is 1. The van der Waals surface area contributed by atoms with Crippen LogP contribution in [0.5, 0.6) is 17.4 Å². The fourth-order valence-corrected chi connectivity index (χ4v) is 3.96. The van der Waals surface area contributed by atoms with E-state index in [2.05, 4.69) is 26.8 Å². The highest BCUT2D eigenvalue weighted by molar-refractivity contribution is 5.91. The number of nitrogens with zero attached hydrogens (tertiary/aromatic N) is 4. The van der Waals surface area contributed by atoms with Gasteiger partial charge in [0.15, 0.2) is 5.78 Å². The van der Waals surface area contributed by atoms with Crippen LogP contribution >= 0.6 is 0 Å². The van der Waals surface area contributed by atoms with Crippen molar-refractivity contribution in [3.05, 3.63) is 72.9 Å². The van der Waals surface area contributed by atoms with Crippen molar-refractivity contribution >= 4 is 29.0 Å². The first kappa shape index (κ1) is 24.7. The maximum Gasteiger partial charge on any atom is 0.230 e. The van der Waals surface area contributed by atoms with Crippen molar-refractivity contribution in [2.75, 3.05) is 43.5 Å². The minimum absolute atomic E-state index is 0.0904. The van der Waals surface area contributed by atoms with E-state index < -0.39 is 0 Å². The number of ketones is 1. The van der Waals surface area contributed by atoms with Crippen LogP contribution in [0.1, 0.15) is 12.5 Å². The van der Waals surface area contributed by atoms with Gasteiger partial charge in [-0.15, -0.1) is 0 Å². The van der Waals surface area contributed by atoms with Crippen LogP contribution in [0.4, 0.5) is 17.3 Å². The molecule has 0 saturated carbocycles. The number of carbonyl (C=O) groups is 2. The molecule has 1 aliphatic heterocycles. The molecule has 0 aliphatic carbocycles. The lowest BCUT2D eigenvalue weighted by Gasteiger charge is -2.35. The molecule has 0 atom stereocenters. The van der Waals surface area contributed by atoms with E-state index in [0.29, 0.717) is 42.1 Å². The molecule has 4 rings (SSSR count). The Kier molecular flexibility index (Phi) is 7.79. The molecule has 9 heteroatoms. The Bertz CT molecular complexity index is 1250. The summed E-state index contributed by atoms with van der Waals surface area (Å²) in [6, 6.07) is 14.8. The zero-order valence-corrected chi connectivity index (χ0v) is 20.4. The van der Waals surface area contributed by atoms with Crippen molar-refractivity contribution in [2.24, 2.45) is 0 Å². The molecule has 1 aliphatic rings. The number of anilines is 3. The maximum absolute atomic E-state index is 11.8. The van der Waals surface area contributed by atoms with E-state index in [1.807, 2.05) is 41.3 Å². The van der Waals surface area contributed by atoms with Crippen LogP contribution in [0, 0.1) is 0 Å². The number of nitrogens with one attached hydrogen (secondary N) is 1. The van der Waals surface area contributed by atoms with Gasteiger partial charge >= 0.3 is 0 Å². The monoisotopic (exact) mass is 487 g/mol. The molecule has 1 aromatic heterocycles. The third-order valence-corrected chi connectivity index (χ3v) is 5.93. The second-order valence-corrected chi connectivity index (χ2v) is 8.28. The number of carbonyl (C=O) groups excluding carboxylic acids is 2. The predicted octanol–water partition coefficient (Wildman–Crippen LogP) is 3.99. The van der Waals surface area contributed by atoms with Gasteiger partial charge in [-0.1, -0.05) is 24.8 Å². The second-order valence-electron chi connectivity index (χ2n) is 8.28. The molecule has 1 amide bonds. The van der Waals surface area contributed by atoms with Crippen LogP contribution in [0.15, 0.2) is 67.4 Å². The van der Waals surface area contributed by atoms with Crippen molar-refractivity contribution in [3.63, 3.8) is 0 Å². The van der Waals surface area contributed by atoms with E-state index in [9.17, 15) is 9.59 Å². The molecular weight excluding hydrogens is 458 g/mol. The summed E-state index contributed by atoms with van der Waals surface area (Å²) in [7, 11) is 1.61. The summed E-state index contributed by atoms with van der Waals surface area (Å²) >= 11 is 0. The summed E-state index contributed by atoms with van der Waals surface area (Å²) in [6.07, 6.45) is 3.09. The summed E-state index contributed by atoms with van der Waals surface area (Å²) < 4.78 is 11.6. The molecule has 0 bridgehead atoms. The highest BCUT2D eigenvalue weighted by Gasteiger charge is 2.20. The standard InChI is InChI=1S/C27H29N5O4/c1-4-22(34)17-20-7-5-6-8-24(20)36-26-11-12-28-27(30-26)29-23-10-9-21(18-25(23)35-3)32-15-13-31(14-16-32)19(2)33/h4-12,18H,1,13-17H2,2-3H3,(H,28,29,30). The molecule has 2 aromatic carbocycles. The number of piperazine rings is 1. The quantitative estimate of drug-likeness (QED) is 0.453. The highest BCUT2D eigenvalue weighted by Crippen LogP contribution is 2.32. The molecule has 1 saturated heterocycles. The van der Waals surface area contributed by atoms with Gasteiger partial charge in [0.2, 0.25) is 17.7 Å². The van der Waals surface area contributed by atoms with Gasteiger partial charge in [-0.3, -0.25) is 9.59 Å². The van der Waals surface area contributed by atoms with Crippen molar-refractivity contribution in [3.8, 4) is 17.4 Å². The van der Waals surface area contributed by atoms with Gasteiger partial charge in [0, 0.05) is 69.1 Å². The number of methoxy groups -OCH3 is 1. The lowest BCUT2D eigenvalue weighted by atomic mass is 10.1. The van der Waals surface area contributed by atoms with Gasteiger partial charge in [-0.05, 0) is 24.3 Å². The average Bonchev–Trinajstić information content (AvgIpc) is 2.90. The Morgan fingerprint density at radius 1 is 1.08 bits per heavy atom. The average molecular weight is 488 g/mol. The lowest BCUT2D eigenvalue weighted by Crippen LogP contribution is -2.48. The van der Waals surface area contributed by atoms with E-state index >= 15 is 0 Å². The van der Waals surface area contributed by atoms with Crippen molar-refractivity contribution < 1.29 is 19.1 Å². The molecule has 1 fully saturated rings. The van der Waals surface area contributed by atoms with Gasteiger partial charge in [0.25, 0.3) is 0 Å². The second kappa shape index (κ2) is 11.4. The van der Waals surface area contributed by atoms with E-state index in [1.165, 1.54) is 6.08 Å². The molecule has 3 aromatic rings. The summed E-state index contributed by atoms with van der Waals surface area (Å²) in [5.41, 5.74) is 2.47. The van der Waals surface area contributed by atoms with Gasteiger partial charge in [-0.2, -0.15) is 4.98 Å². The molecular formula is C27H29N5O4. The molecule has 1 N–H and O–H groups in total. The van der Waals surface area contributed by atoms with E-state index in [-0.39, 0.29) is 18.1 Å². The van der Waals surface area contributed by atoms with Crippen LogP contribution in [0.2, 0.25) is 0 Å². The Morgan fingerprint density at radius 2 is 1.86 bits per heavy atom. The number of hydrogen-bond donors (Lipinski definition) is 1. The number of benzene rings is 2. The van der Waals surface area contributed by atoms with Crippen LogP contribution in [-0.4, -0.2) is 59.8 Å². The number of amides is 1. The first-order chi connectivity index (χ1) is 17.5. The van der Waals surface area contributed by atoms with Gasteiger partial charge < -0.3 is 24.6 Å². The van der Waals surface area contributed by atoms with Crippen LogP contribution < -0.4 is 19.7 Å². The fraction of sp³-hybridized carbons (Fsp3) is 0.259. The Balaban J connectivity index is 1.47. The van der Waals surface area contributed by atoms with E-state index in [1.54, 1.807) is 32.4 Å². The number of aromatic nitrogens is 2. The number of rotatable bonds is 9. The molecule has 0 radical (unpaired) electrons. The zero-order valence-electron chi connectivity index (χ0n) is 20.4. The maximum atomic E-state index is 11.8. The topological polar surface area (TPSA) is 96.9 Å². The summed E-state index contributed by atoms with van der Waals surface area (Å²) in [4.78, 5) is 36.3. The molecule has 2 heterocycles. The Morgan fingerprint density at radius 3 is 2.58 bits per heavy atom. The van der Waals surface area contributed by atoms with Crippen LogP contribution in [0.3, 0.4) is 0 Å². The SMILES string of the molecule is C=CC(=O)Cc1ccccc1Oc1ccnc(Nc2ccc(N3CCN(C(C)=O)CC3)cc2OC)n1. The summed E-state index contributed by atoms with van der Waals surface area (Å²) in [6.45, 7) is 8.05. The molecule has 9 nitrogen and oxygen atoms in total. The molecule has 36 heavy (non-hydrogen) atoms. The zero-order chi connectivity index (χ0) is 25.5. The number of ether oxygens (including phenoxy) is 2. The minimum atomic E-state index is -0.0904. The molecule has 0 spiro atoms. The van der Waals surface area contributed by atoms with Crippen molar-refractivity contribution in [1.29, 1.82) is 0 Å². The van der Waals surface area contributed by atoms with Crippen molar-refractivity contribution in [2.45, 2.75) is 13.3 Å². The molecule has 0 unspecified atom stereocenters. The minimum Gasteiger partial charge on any atom is -0.494 e. The van der Waals surface area contributed by atoms with Crippen LogP contribution in [-0.2, 0) is 16.0 Å². The predicted molar refractivity (Wildman–Crippen MR) is 138 cm³/mol. The smallest absolute Gasteiger partial charge is 0.230 e. The van der Waals surface area contributed by atoms with E-state index in [4.69, 9.17) is 9.47 Å². The molecule has 186 valence electrons. The number of hydrogen-bond acceptors (Lipinski definition) is 8. The Hall–Kier alpha value is -4.40. The summed E-state index contributed by atoms with van der Waals surface area (Å²) in [5, 5.41) is 3.19. The largest absolute Gasteiger partial charge is 0.494 e. The number of para-hydroxylation sites is 1. The van der Waals surface area contributed by atoms with Gasteiger partial charge in [0.05, 0.1) is 12.8 Å². The van der Waals surface area contributed by atoms with Crippen LogP contribution in [0.25, 0.3) is 0 Å². The van der Waals surface area contributed by atoms with Gasteiger partial charge in [0.1, 0.15) is 11.5 Å². The summed E-state index contributed by atoms with van der Waals surface area (Å²) in [5.74, 6) is 1.88. The third kappa shape index (κ3) is 5.99. The first-order valence-electron chi connectivity index (χ1n) is 11.7. The Labute approximate surface area is 210 Å². The van der Waals surface area contributed by atoms with E-state index in [0.717, 1.165) is 24.3 Å². The van der Waals surface area contributed by atoms with Gasteiger partial charge in [-0.25, -0.2) is 4.98 Å². The lowest BCUT2D eigenvalue weighted by molar-refractivity contribution is -0.129. The third-order valence-electron chi connectivity index (χ3n) is 5.93. The normalized spacial score (nSPS) is 13.2. The highest BCUT2D eigenvalue weighted by atomic mass is 16.5.